The van der Waals surface area contributed by atoms with Gasteiger partial charge in [0.25, 0.3) is 0 Å². The smallest absolute Gasteiger partial charge is 0.325 e. The fraction of sp³-hybridized carbons (Fsp3) is 0.259. The van der Waals surface area contributed by atoms with Crippen LogP contribution < -0.4 is 20.1 Å². The first-order valence-electron chi connectivity index (χ1n) is 11.9. The molecule has 8 nitrogen and oxygen atoms in total. The molecule has 0 saturated heterocycles. The zero-order valence-electron chi connectivity index (χ0n) is 20.1. The van der Waals surface area contributed by atoms with E-state index in [-0.39, 0.29) is 13.2 Å². The number of nitrogens with one attached hydrogen (secondary N) is 2. The molecule has 0 amide bonds. The van der Waals surface area contributed by atoms with E-state index in [1.807, 2.05) is 42.5 Å². The number of nitrogens with zero attached hydrogens (tertiary/aromatic N) is 1. The van der Waals surface area contributed by atoms with Crippen molar-refractivity contribution in [3.8, 4) is 22.6 Å². The topological polar surface area (TPSA) is 102 Å². The first-order chi connectivity index (χ1) is 18.1. The van der Waals surface area contributed by atoms with Crippen molar-refractivity contribution in [1.82, 2.24) is 9.69 Å². The van der Waals surface area contributed by atoms with Crippen molar-refractivity contribution in [1.29, 1.82) is 0 Å². The second-order valence-corrected chi connectivity index (χ2v) is 10.0. The third-order valence-corrected chi connectivity index (χ3v) is 7.50. The summed E-state index contributed by atoms with van der Waals surface area (Å²) in [6.45, 7) is 3.20. The molecule has 192 valence electrons. The van der Waals surface area contributed by atoms with Crippen molar-refractivity contribution in [3.05, 3.63) is 64.6 Å². The van der Waals surface area contributed by atoms with E-state index in [1.54, 1.807) is 6.92 Å². The van der Waals surface area contributed by atoms with Crippen LogP contribution in [0.4, 0.5) is 11.5 Å². The Labute approximate surface area is 226 Å². The summed E-state index contributed by atoms with van der Waals surface area (Å²) in [4.78, 5) is 11.9. The highest BCUT2D eigenvalue weighted by Gasteiger charge is 2.19. The van der Waals surface area contributed by atoms with Gasteiger partial charge in [-0.05, 0) is 75.8 Å². The lowest BCUT2D eigenvalue weighted by Gasteiger charge is -2.19. The molecule has 3 aromatic carbocycles. The summed E-state index contributed by atoms with van der Waals surface area (Å²) in [5.74, 6) is 1.84. The lowest BCUT2D eigenvalue weighted by atomic mass is 10.0. The lowest BCUT2D eigenvalue weighted by Crippen LogP contribution is -2.40. The van der Waals surface area contributed by atoms with Gasteiger partial charge in [0.15, 0.2) is 17.3 Å². The highest BCUT2D eigenvalue weighted by Crippen LogP contribution is 2.40. The van der Waals surface area contributed by atoms with Gasteiger partial charge >= 0.3 is 5.97 Å². The number of esters is 1. The van der Waals surface area contributed by atoms with Crippen LogP contribution in [0.1, 0.15) is 12.5 Å². The summed E-state index contributed by atoms with van der Waals surface area (Å²) in [5.41, 5.74) is 3.95. The van der Waals surface area contributed by atoms with E-state index in [2.05, 4.69) is 38.7 Å². The highest BCUT2D eigenvalue weighted by molar-refractivity contribution is 9.10. The van der Waals surface area contributed by atoms with Gasteiger partial charge in [-0.2, -0.15) is 4.37 Å². The summed E-state index contributed by atoms with van der Waals surface area (Å²) < 4.78 is 23.0. The van der Waals surface area contributed by atoms with E-state index in [1.165, 1.54) is 11.5 Å². The Bertz CT molecular complexity index is 1430. The number of hydrogen-bond acceptors (Lipinski definition) is 9. The van der Waals surface area contributed by atoms with Crippen LogP contribution in [0.3, 0.4) is 0 Å². The van der Waals surface area contributed by atoms with Gasteiger partial charge in [0.05, 0.1) is 23.6 Å². The number of anilines is 2. The van der Waals surface area contributed by atoms with Gasteiger partial charge in [0.1, 0.15) is 19.3 Å². The number of rotatable bonds is 9. The lowest BCUT2D eigenvalue weighted by molar-refractivity contribution is -0.146. The van der Waals surface area contributed by atoms with Crippen molar-refractivity contribution in [2.45, 2.75) is 19.5 Å². The molecule has 10 heteroatoms. The number of aliphatic hydroxyl groups excluding tert-OH is 1. The quantitative estimate of drug-likeness (QED) is 0.229. The third kappa shape index (κ3) is 5.57. The maximum absolute atomic E-state index is 11.9. The van der Waals surface area contributed by atoms with Crippen LogP contribution in [0.15, 0.2) is 59.1 Å². The van der Waals surface area contributed by atoms with Crippen LogP contribution in [0.2, 0.25) is 0 Å². The molecule has 0 aliphatic carbocycles. The summed E-state index contributed by atoms with van der Waals surface area (Å²) in [5, 5.41) is 17.0. The van der Waals surface area contributed by atoms with Crippen LogP contribution in [0, 0.1) is 0 Å². The van der Waals surface area contributed by atoms with Gasteiger partial charge in [-0.1, -0.05) is 24.3 Å². The molecule has 1 aromatic heterocycles. The number of aliphatic hydroxyl groups is 1. The van der Waals surface area contributed by atoms with Crippen LogP contribution in [-0.4, -0.2) is 47.9 Å². The largest absolute Gasteiger partial charge is 0.486 e. The fourth-order valence-electron chi connectivity index (χ4n) is 4.09. The van der Waals surface area contributed by atoms with Crippen LogP contribution in [0.5, 0.6) is 11.5 Å². The Morgan fingerprint density at radius 1 is 1.16 bits per heavy atom. The zero-order valence-corrected chi connectivity index (χ0v) is 22.5. The third-order valence-electron chi connectivity index (χ3n) is 5.94. The maximum atomic E-state index is 11.9. The Morgan fingerprint density at radius 2 is 2.00 bits per heavy atom. The fourth-order valence-corrected chi connectivity index (χ4v) is 5.49. The average molecular weight is 584 g/mol. The van der Waals surface area contributed by atoms with Gasteiger partial charge in [0, 0.05) is 22.0 Å². The van der Waals surface area contributed by atoms with Crippen molar-refractivity contribution in [3.63, 3.8) is 0 Å². The molecule has 1 atom stereocenters. The Morgan fingerprint density at radius 3 is 2.78 bits per heavy atom. The Hall–Kier alpha value is -3.18. The summed E-state index contributed by atoms with van der Waals surface area (Å²) in [6.07, 6.45) is 0. The van der Waals surface area contributed by atoms with E-state index in [9.17, 15) is 9.90 Å². The van der Waals surface area contributed by atoms with Crippen LogP contribution in [0.25, 0.3) is 21.2 Å². The van der Waals surface area contributed by atoms with Gasteiger partial charge in [-0.3, -0.25) is 10.1 Å². The van der Waals surface area contributed by atoms with Gasteiger partial charge in [-0.25, -0.2) is 0 Å². The first kappa shape index (κ1) is 25.5. The van der Waals surface area contributed by atoms with E-state index >= 15 is 0 Å². The number of benzene rings is 3. The highest BCUT2D eigenvalue weighted by atomic mass is 79.9. The molecule has 37 heavy (non-hydrogen) atoms. The summed E-state index contributed by atoms with van der Waals surface area (Å²) in [7, 11) is 0. The van der Waals surface area contributed by atoms with Gasteiger partial charge < -0.3 is 24.6 Å². The molecule has 0 unspecified atom stereocenters. The Kier molecular flexibility index (Phi) is 7.90. The number of halogens is 1. The number of aromatic nitrogens is 1. The van der Waals surface area contributed by atoms with Crippen molar-refractivity contribution >= 4 is 55.0 Å². The number of fused-ring (bicyclic) bond motifs is 2. The first-order valence-corrected chi connectivity index (χ1v) is 13.5. The predicted octanol–water partition coefficient (Wildman–Crippen LogP) is 5.25. The summed E-state index contributed by atoms with van der Waals surface area (Å²) in [6, 6.07) is 17.3. The van der Waals surface area contributed by atoms with Crippen molar-refractivity contribution in [2.24, 2.45) is 0 Å². The van der Waals surface area contributed by atoms with E-state index in [0.29, 0.717) is 19.8 Å². The van der Waals surface area contributed by atoms with Crippen LogP contribution in [-0.2, 0) is 16.1 Å². The average Bonchev–Trinajstić information content (AvgIpc) is 3.33. The number of hydrogen-bond donors (Lipinski definition) is 3. The minimum atomic E-state index is -0.763. The molecule has 1 aliphatic rings. The molecular weight excluding hydrogens is 558 g/mol. The zero-order chi connectivity index (χ0) is 25.8. The monoisotopic (exact) mass is 583 g/mol. The molecule has 5 rings (SSSR count). The standard InChI is InChI=1S/C27H26BrN3O5S/c1-2-34-27(33)22(15-32)29-14-16-6-8-21(20(28)12-16)30-26-19-5-3-4-18(25(19)37-31-26)17-7-9-23-24(13-17)36-11-10-35-23/h3-9,12-13,22,29,32H,2,10-11,14-15H2,1H3,(H,30,31)/t22-/m0/s1. The molecule has 0 fully saturated rings. The number of carbonyl (C=O) groups excluding carboxylic acids is 1. The van der Waals surface area contributed by atoms with Crippen molar-refractivity contribution < 1.29 is 24.1 Å². The molecule has 0 radical (unpaired) electrons. The number of ether oxygens (including phenoxy) is 3. The van der Waals surface area contributed by atoms with E-state index in [0.717, 1.165) is 54.3 Å². The van der Waals surface area contributed by atoms with Crippen LogP contribution >= 0.6 is 27.5 Å². The maximum Gasteiger partial charge on any atom is 0.325 e. The van der Waals surface area contributed by atoms with E-state index in [4.69, 9.17) is 18.6 Å². The molecule has 1 aliphatic heterocycles. The molecule has 3 N–H and O–H groups in total. The minimum absolute atomic E-state index is 0.270. The second kappa shape index (κ2) is 11.5. The summed E-state index contributed by atoms with van der Waals surface area (Å²) >= 11 is 5.08. The van der Waals surface area contributed by atoms with Gasteiger partial charge in [-0.15, -0.1) is 0 Å². The molecule has 0 spiro atoms. The molecule has 0 saturated carbocycles. The van der Waals surface area contributed by atoms with E-state index < -0.39 is 12.0 Å². The number of carbonyl (C=O) groups is 1. The Balaban J connectivity index is 1.33. The molecular formula is C27H26BrN3O5S. The van der Waals surface area contributed by atoms with Gasteiger partial charge in [0.2, 0.25) is 0 Å². The predicted molar refractivity (Wildman–Crippen MR) is 148 cm³/mol. The molecule has 2 heterocycles. The second-order valence-electron chi connectivity index (χ2n) is 8.38. The normalized spacial score (nSPS) is 13.4. The minimum Gasteiger partial charge on any atom is -0.486 e. The molecule has 4 aromatic rings. The molecule has 0 bridgehead atoms. The van der Waals surface area contributed by atoms with Crippen molar-refractivity contribution in [2.75, 3.05) is 31.7 Å². The SMILES string of the molecule is CCOC(=O)[C@H](CO)NCc1ccc(Nc2nsc3c(-c4ccc5c(c4)OCCO5)cccc23)c(Br)c1.